The van der Waals surface area contributed by atoms with Crippen molar-refractivity contribution in [2.75, 3.05) is 0 Å². The molecule has 6 heteroatoms. The van der Waals surface area contributed by atoms with Gasteiger partial charge >= 0.3 is 49.7 Å². The molecule has 0 aliphatic heterocycles. The molecule has 0 saturated heterocycles. The van der Waals surface area contributed by atoms with E-state index in [4.69, 9.17) is 10.0 Å². The van der Waals surface area contributed by atoms with Crippen LogP contribution in [0.3, 0.4) is 0 Å². The van der Waals surface area contributed by atoms with Crippen LogP contribution in [-0.2, 0) is 0 Å². The van der Waals surface area contributed by atoms with Crippen molar-refractivity contribution in [1.82, 2.24) is 0 Å². The Morgan fingerprint density at radius 1 is 1.60 bits per heavy atom. The molecule has 0 aromatic carbocycles. The molecule has 0 radical (unpaired) electrons. The third-order valence-corrected chi connectivity index (χ3v) is 2.68. The zero-order valence-corrected chi connectivity index (χ0v) is 9.96. The summed E-state index contributed by atoms with van der Waals surface area (Å²) in [5, 5.41) is 20.2. The van der Waals surface area contributed by atoms with Crippen LogP contribution in [0.25, 0.3) is 0 Å². The van der Waals surface area contributed by atoms with Gasteiger partial charge in [-0.1, -0.05) is 6.07 Å². The third kappa shape index (κ3) is 6.18. The van der Waals surface area contributed by atoms with Gasteiger partial charge in [-0.2, -0.15) is 0 Å². The van der Waals surface area contributed by atoms with Gasteiger partial charge in [0.15, 0.2) is 6.29 Å². The summed E-state index contributed by atoms with van der Waals surface area (Å²) in [6.45, 7) is 2.21. The summed E-state index contributed by atoms with van der Waals surface area (Å²) in [4.78, 5) is 10.6. The van der Waals surface area contributed by atoms with Gasteiger partial charge in [-0.15, -0.1) is 11.3 Å². The van der Waals surface area contributed by atoms with Crippen molar-refractivity contribution in [2.45, 2.75) is 24.9 Å². The van der Waals surface area contributed by atoms with Gasteiger partial charge in [0.25, 0.3) is 0 Å². The summed E-state index contributed by atoms with van der Waals surface area (Å²) in [6, 6.07) is 1.51. The first kappa shape index (κ1) is 15.0. The van der Waals surface area contributed by atoms with E-state index in [0.29, 0.717) is 11.2 Å². The molecule has 0 fully saturated rings. The SMILES string of the molecule is O=Cc1sccc1B(O)O.[Li][CH2]CCC. The maximum absolute atomic E-state index is 10.2. The van der Waals surface area contributed by atoms with E-state index in [0.717, 1.165) is 0 Å². The van der Waals surface area contributed by atoms with Crippen molar-refractivity contribution >= 4 is 47.9 Å². The zero-order valence-electron chi connectivity index (χ0n) is 9.14. The van der Waals surface area contributed by atoms with Crippen molar-refractivity contribution < 1.29 is 14.8 Å². The molecule has 0 aliphatic rings. The number of hydrogen-bond acceptors (Lipinski definition) is 4. The van der Waals surface area contributed by atoms with Crippen LogP contribution in [0.1, 0.15) is 29.4 Å². The fourth-order valence-corrected chi connectivity index (χ4v) is 1.72. The first-order valence-electron chi connectivity index (χ1n) is 5.06. The molecule has 2 N–H and O–H groups in total. The van der Waals surface area contributed by atoms with Crippen LogP contribution in [0.2, 0.25) is 5.09 Å². The fraction of sp³-hybridized carbons (Fsp3) is 0.444. The van der Waals surface area contributed by atoms with Gasteiger partial charge in [-0.05, 0) is 5.38 Å². The van der Waals surface area contributed by atoms with Crippen LogP contribution in [-0.4, -0.2) is 41.2 Å². The first-order chi connectivity index (χ1) is 7.17. The Morgan fingerprint density at radius 2 is 2.27 bits per heavy atom. The molecule has 1 rings (SSSR count). The summed E-state index contributed by atoms with van der Waals surface area (Å²) >= 11 is 3.40. The van der Waals surface area contributed by atoms with E-state index in [1.165, 1.54) is 35.3 Å². The van der Waals surface area contributed by atoms with E-state index in [9.17, 15) is 4.79 Å². The Labute approximate surface area is 104 Å². The molecule has 78 valence electrons. The summed E-state index contributed by atoms with van der Waals surface area (Å²) in [5.74, 6) is 0. The standard InChI is InChI=1S/C5H5BO3S.C4H9.Li/c7-3-5-4(6(8)9)1-2-10-5;1-3-4-2;/h1-3,8-9H;1,3-4H2,2H3;. The van der Waals surface area contributed by atoms with E-state index in [2.05, 4.69) is 24.6 Å². The second-order valence-electron chi connectivity index (χ2n) is 3.09. The number of thiophene rings is 1. The number of aldehydes is 1. The van der Waals surface area contributed by atoms with Crippen molar-refractivity contribution in [1.29, 1.82) is 0 Å². The van der Waals surface area contributed by atoms with Crippen LogP contribution in [0, 0.1) is 0 Å². The van der Waals surface area contributed by atoms with Crippen LogP contribution >= 0.6 is 11.3 Å². The average Bonchev–Trinajstić information content (AvgIpc) is 2.67. The van der Waals surface area contributed by atoms with Gasteiger partial charge in [0.05, 0.1) is 4.88 Å². The summed E-state index contributed by atoms with van der Waals surface area (Å²) in [5.41, 5.74) is 0.278. The monoisotopic (exact) mass is 220 g/mol. The molecule has 0 unspecified atom stereocenters. The summed E-state index contributed by atoms with van der Waals surface area (Å²) < 4.78 is 0. The molecule has 1 aromatic heterocycles. The van der Waals surface area contributed by atoms with Crippen molar-refractivity contribution in [3.63, 3.8) is 0 Å². The topological polar surface area (TPSA) is 57.5 Å². The predicted molar refractivity (Wildman–Crippen MR) is 65.0 cm³/mol. The summed E-state index contributed by atoms with van der Waals surface area (Å²) in [7, 11) is -1.54. The van der Waals surface area contributed by atoms with Crippen molar-refractivity contribution in [2.24, 2.45) is 0 Å². The Hall–Kier alpha value is -0.0477. The van der Waals surface area contributed by atoms with Gasteiger partial charge in [-0.25, -0.2) is 0 Å². The third-order valence-electron chi connectivity index (χ3n) is 1.82. The molecule has 1 aromatic rings. The van der Waals surface area contributed by atoms with E-state index in [-0.39, 0.29) is 5.46 Å². The number of hydrogen-bond donors (Lipinski definition) is 2. The number of unbranched alkanes of at least 4 members (excludes halogenated alkanes) is 1. The molecule has 0 atom stereocenters. The van der Waals surface area contributed by atoms with Crippen LogP contribution in [0.5, 0.6) is 0 Å². The number of rotatable bonds is 4. The van der Waals surface area contributed by atoms with Crippen LogP contribution in [0.15, 0.2) is 11.4 Å². The molecule has 0 spiro atoms. The summed E-state index contributed by atoms with van der Waals surface area (Å²) in [6.07, 6.45) is 3.34. The minimum atomic E-state index is -1.54. The van der Waals surface area contributed by atoms with E-state index < -0.39 is 7.12 Å². The normalized spacial score (nSPS) is 9.13. The zero-order chi connectivity index (χ0) is 11.7. The first-order valence-corrected chi connectivity index (χ1v) is 5.94. The molecule has 15 heavy (non-hydrogen) atoms. The number of carbonyl (C=O) groups excluding carboxylic acids is 1. The van der Waals surface area contributed by atoms with Gasteiger partial charge in [0, 0.05) is 5.46 Å². The molecule has 0 aliphatic carbocycles. The van der Waals surface area contributed by atoms with Crippen LogP contribution < -0.4 is 5.46 Å². The van der Waals surface area contributed by atoms with Gasteiger partial charge in [0.1, 0.15) is 0 Å². The van der Waals surface area contributed by atoms with Crippen molar-refractivity contribution in [3.05, 3.63) is 16.3 Å². The second kappa shape index (κ2) is 9.20. The second-order valence-corrected chi connectivity index (χ2v) is 4.03. The predicted octanol–water partition coefficient (Wildman–Crippen LogP) is 0.614. The van der Waals surface area contributed by atoms with E-state index >= 15 is 0 Å². The molecular weight excluding hydrogens is 206 g/mol. The van der Waals surface area contributed by atoms with E-state index in [1.807, 2.05) is 0 Å². The minimum absolute atomic E-state index is 0.278. The molecular formula is C9H14BLiO3S. The Balaban J connectivity index is 0.000000336. The molecule has 0 bridgehead atoms. The van der Waals surface area contributed by atoms with Crippen molar-refractivity contribution in [3.8, 4) is 0 Å². The number of carbonyl (C=O) groups is 1. The fourth-order valence-electron chi connectivity index (χ4n) is 0.993. The van der Waals surface area contributed by atoms with Crippen LogP contribution in [0.4, 0.5) is 0 Å². The van der Waals surface area contributed by atoms with Gasteiger partial charge < -0.3 is 10.0 Å². The van der Waals surface area contributed by atoms with Gasteiger partial charge in [0.2, 0.25) is 0 Å². The quantitative estimate of drug-likeness (QED) is 0.577. The van der Waals surface area contributed by atoms with E-state index in [1.54, 1.807) is 5.38 Å². The molecule has 0 amide bonds. The molecule has 3 nitrogen and oxygen atoms in total. The Morgan fingerprint density at radius 3 is 2.53 bits per heavy atom. The Bertz CT molecular complexity index is 276. The Kier molecular flexibility index (Phi) is 9.17. The van der Waals surface area contributed by atoms with Gasteiger partial charge in [-0.3, -0.25) is 4.79 Å². The average molecular weight is 220 g/mol. The maximum atomic E-state index is 10.2. The molecule has 1 heterocycles. The molecule has 0 saturated carbocycles.